The smallest absolute Gasteiger partial charge is 0.410 e. The summed E-state index contributed by atoms with van der Waals surface area (Å²) in [6.07, 6.45) is 14.6. The van der Waals surface area contributed by atoms with E-state index in [1.165, 1.54) is 16.7 Å². The number of allylic oxidation sites excluding steroid dienone is 4. The van der Waals surface area contributed by atoms with Gasteiger partial charge < -0.3 is 14.2 Å². The van der Waals surface area contributed by atoms with Gasteiger partial charge in [-0.05, 0) is 101 Å². The number of hydrogen-bond donors (Lipinski definition) is 0. The molecule has 1 amide bonds. The first-order valence-corrected chi connectivity index (χ1v) is 14.3. The van der Waals surface area contributed by atoms with Gasteiger partial charge >= 0.3 is 6.09 Å². The Kier molecular flexibility index (Phi) is 9.16. The van der Waals surface area contributed by atoms with Crippen molar-refractivity contribution in [1.29, 1.82) is 0 Å². The molecule has 0 radical (unpaired) electrons. The maximum absolute atomic E-state index is 12.8. The number of nitrogens with zero attached hydrogens (tertiary/aromatic N) is 4. The average molecular weight is 549 g/mol. The van der Waals surface area contributed by atoms with Crippen molar-refractivity contribution >= 4 is 29.5 Å². The number of amides is 1. The van der Waals surface area contributed by atoms with E-state index in [2.05, 4.69) is 40.8 Å². The molecule has 7 heteroatoms. The van der Waals surface area contributed by atoms with Crippen LogP contribution < -0.4 is 0 Å². The second kappa shape index (κ2) is 12.4. The van der Waals surface area contributed by atoms with E-state index >= 15 is 0 Å². The van der Waals surface area contributed by atoms with Crippen LogP contribution in [0.15, 0.2) is 65.1 Å². The van der Waals surface area contributed by atoms with Crippen LogP contribution in [0.5, 0.6) is 0 Å². The highest BCUT2D eigenvalue weighted by molar-refractivity contribution is 6.30. The van der Waals surface area contributed by atoms with Crippen molar-refractivity contribution in [1.82, 2.24) is 14.5 Å². The zero-order valence-corrected chi connectivity index (χ0v) is 24.8. The van der Waals surface area contributed by atoms with Gasteiger partial charge in [0.1, 0.15) is 11.4 Å². The number of fused-ring (bicyclic) bond motifs is 1. The lowest BCUT2D eigenvalue weighted by Gasteiger charge is -2.37. The predicted molar refractivity (Wildman–Crippen MR) is 160 cm³/mol. The predicted octanol–water partition coefficient (Wildman–Crippen LogP) is 7.98. The zero-order valence-electron chi connectivity index (χ0n) is 24.1. The fourth-order valence-corrected chi connectivity index (χ4v) is 5.82. The minimum Gasteiger partial charge on any atom is -0.444 e. The molecule has 6 nitrogen and oxygen atoms in total. The normalized spacial score (nSPS) is 20.8. The van der Waals surface area contributed by atoms with Crippen LogP contribution in [0.25, 0.3) is 6.08 Å². The number of aryl methyl sites for hydroxylation is 2. The van der Waals surface area contributed by atoms with Crippen molar-refractivity contribution in [2.75, 3.05) is 13.1 Å². The fourth-order valence-electron chi connectivity index (χ4n) is 5.64. The van der Waals surface area contributed by atoms with Crippen molar-refractivity contribution < 1.29 is 9.53 Å². The van der Waals surface area contributed by atoms with Crippen molar-refractivity contribution in [3.05, 3.63) is 82.1 Å². The van der Waals surface area contributed by atoms with Crippen molar-refractivity contribution in [3.8, 4) is 0 Å². The van der Waals surface area contributed by atoms with Crippen molar-refractivity contribution in [3.63, 3.8) is 0 Å². The number of hydrogen-bond acceptors (Lipinski definition) is 4. The van der Waals surface area contributed by atoms with E-state index in [1.54, 1.807) is 0 Å². The molecule has 1 saturated heterocycles. The molecule has 0 N–H and O–H groups in total. The first kappa shape index (κ1) is 28.9. The van der Waals surface area contributed by atoms with Crippen LogP contribution in [0, 0.1) is 12.8 Å². The van der Waals surface area contributed by atoms with Gasteiger partial charge in [-0.15, -0.1) is 0 Å². The molecular weight excluding hydrogens is 508 g/mol. The van der Waals surface area contributed by atoms with Crippen molar-refractivity contribution in [2.24, 2.45) is 10.9 Å². The summed E-state index contributed by atoms with van der Waals surface area (Å²) in [4.78, 5) is 24.1. The number of ether oxygens (including phenoxy) is 1. The van der Waals surface area contributed by atoms with E-state index in [4.69, 9.17) is 21.3 Å². The van der Waals surface area contributed by atoms with Gasteiger partial charge in [0.05, 0.1) is 5.71 Å². The first-order valence-electron chi connectivity index (χ1n) is 13.9. The number of likely N-dealkylation sites (tertiary alicyclic amines) is 1. The number of carbonyl (C=O) groups is 1. The summed E-state index contributed by atoms with van der Waals surface area (Å²) in [6, 6.07) is 6.23. The Morgan fingerprint density at radius 1 is 1.23 bits per heavy atom. The summed E-state index contributed by atoms with van der Waals surface area (Å²) >= 11 is 6.53. The minimum absolute atomic E-state index is 0.0872. The number of benzene rings is 1. The highest BCUT2D eigenvalue weighted by atomic mass is 35.5. The quantitative estimate of drug-likeness (QED) is 0.380. The maximum atomic E-state index is 12.8. The number of aliphatic imine (C=N–C) groups is 1. The Hall–Kier alpha value is -3.12. The first-order chi connectivity index (χ1) is 18.6. The maximum Gasteiger partial charge on any atom is 0.410 e. The fraction of sp³-hybridized carbons (Fsp3) is 0.469. The minimum atomic E-state index is -0.502. The average Bonchev–Trinajstić information content (AvgIpc) is 3.24. The second-order valence-corrected chi connectivity index (χ2v) is 11.8. The molecule has 1 fully saturated rings. The van der Waals surface area contributed by atoms with Gasteiger partial charge in [-0.2, -0.15) is 0 Å². The Bertz CT molecular complexity index is 1300. The highest BCUT2D eigenvalue weighted by Crippen LogP contribution is 2.43. The lowest BCUT2D eigenvalue weighted by molar-refractivity contribution is 0.0181. The van der Waals surface area contributed by atoms with Gasteiger partial charge in [0.2, 0.25) is 0 Å². The molecule has 2 heterocycles. The van der Waals surface area contributed by atoms with Crippen LogP contribution in [-0.2, 0) is 11.3 Å². The SMILES string of the molecule is C\C=C/N=C1/C(=C\C)C(CCn2ccnc2C)=Cc2cc(Cl)ccc2C1C1CCN(C(=O)OC(C)(C)C)CC1. The molecule has 0 spiro atoms. The third kappa shape index (κ3) is 6.91. The molecular formula is C32H41ClN4O2. The Morgan fingerprint density at radius 2 is 1.97 bits per heavy atom. The monoisotopic (exact) mass is 548 g/mol. The number of aromatic nitrogens is 2. The summed E-state index contributed by atoms with van der Waals surface area (Å²) < 4.78 is 7.84. The van der Waals surface area contributed by atoms with E-state index in [-0.39, 0.29) is 12.0 Å². The molecule has 39 heavy (non-hydrogen) atoms. The van der Waals surface area contributed by atoms with E-state index in [0.717, 1.165) is 47.9 Å². The lowest BCUT2D eigenvalue weighted by Crippen LogP contribution is -2.43. The molecule has 1 aromatic carbocycles. The van der Waals surface area contributed by atoms with E-state index in [1.807, 2.05) is 70.3 Å². The second-order valence-electron chi connectivity index (χ2n) is 11.3. The summed E-state index contributed by atoms with van der Waals surface area (Å²) in [6.45, 7) is 14.0. The van der Waals surface area contributed by atoms with Crippen molar-refractivity contribution in [2.45, 2.75) is 78.9 Å². The number of halogens is 1. The van der Waals surface area contributed by atoms with E-state index in [9.17, 15) is 4.79 Å². The van der Waals surface area contributed by atoms with E-state index in [0.29, 0.717) is 19.0 Å². The Morgan fingerprint density at radius 3 is 2.59 bits per heavy atom. The topological polar surface area (TPSA) is 59.7 Å². The summed E-state index contributed by atoms with van der Waals surface area (Å²) in [5.74, 6) is 1.42. The molecule has 1 atom stereocenters. The Labute approximate surface area is 238 Å². The van der Waals surface area contributed by atoms with Gasteiger partial charge in [-0.3, -0.25) is 4.99 Å². The Balaban J connectivity index is 1.70. The van der Waals surface area contributed by atoms with Crippen LogP contribution in [0.1, 0.15) is 76.8 Å². The van der Waals surface area contributed by atoms with Crippen LogP contribution in [0.3, 0.4) is 0 Å². The van der Waals surface area contributed by atoms with Crippen LogP contribution in [0.2, 0.25) is 5.02 Å². The molecule has 1 unspecified atom stereocenters. The molecule has 208 valence electrons. The molecule has 1 aliphatic carbocycles. The number of rotatable bonds is 5. The summed E-state index contributed by atoms with van der Waals surface area (Å²) in [5, 5.41) is 0.726. The van der Waals surface area contributed by atoms with Gasteiger partial charge in [0, 0.05) is 49.2 Å². The molecule has 4 rings (SSSR count). The molecule has 1 aromatic heterocycles. The number of imidazole rings is 1. The lowest BCUT2D eigenvalue weighted by atomic mass is 9.74. The molecule has 2 aromatic rings. The van der Waals surface area contributed by atoms with Gasteiger partial charge in [0.15, 0.2) is 0 Å². The van der Waals surface area contributed by atoms with Gasteiger partial charge in [-0.1, -0.05) is 35.9 Å². The third-order valence-corrected chi connectivity index (χ3v) is 7.72. The van der Waals surface area contributed by atoms with Gasteiger partial charge in [0.25, 0.3) is 0 Å². The summed E-state index contributed by atoms with van der Waals surface area (Å²) in [5.41, 5.74) is 5.39. The zero-order chi connectivity index (χ0) is 28.2. The third-order valence-electron chi connectivity index (χ3n) is 7.49. The largest absolute Gasteiger partial charge is 0.444 e. The molecule has 0 bridgehead atoms. The highest BCUT2D eigenvalue weighted by Gasteiger charge is 2.37. The number of carbonyl (C=O) groups excluding carboxylic acids is 1. The number of piperidine rings is 1. The molecule has 2 aliphatic rings. The standard InChI is InChI=1S/C32H41ClN4O2/c1-7-14-35-30-27(8-2)24(13-16-36-19-15-34-22(36)3)20-25-21-26(33)9-10-28(25)29(30)23-11-17-37(18-12-23)31(38)39-32(4,5)6/h7-10,14-15,19-21,23,29H,11-13,16-18H2,1-6H3/b14-7-,27-8-,35-30-. The summed E-state index contributed by atoms with van der Waals surface area (Å²) in [7, 11) is 0. The van der Waals surface area contributed by atoms with E-state index < -0.39 is 5.60 Å². The molecule has 0 saturated carbocycles. The van der Waals surface area contributed by atoms with Crippen LogP contribution in [0.4, 0.5) is 4.79 Å². The molecule has 1 aliphatic heterocycles. The van der Waals surface area contributed by atoms with Crippen LogP contribution >= 0.6 is 11.6 Å². The van der Waals surface area contributed by atoms with Crippen LogP contribution in [-0.4, -0.2) is 44.9 Å². The van der Waals surface area contributed by atoms with Gasteiger partial charge in [-0.25, -0.2) is 9.78 Å².